The van der Waals surface area contributed by atoms with Crippen molar-refractivity contribution >= 4 is 11.9 Å². The van der Waals surface area contributed by atoms with Crippen LogP contribution in [0.5, 0.6) is 0 Å². The van der Waals surface area contributed by atoms with Gasteiger partial charge >= 0.3 is 5.97 Å². The summed E-state index contributed by atoms with van der Waals surface area (Å²) in [4.78, 5) is 23.3. The van der Waals surface area contributed by atoms with Crippen molar-refractivity contribution in [1.29, 1.82) is 0 Å². The maximum Gasteiger partial charge on any atom is 0.308 e. The molecule has 2 rings (SSSR count). The van der Waals surface area contributed by atoms with Crippen LogP contribution >= 0.6 is 0 Å². The van der Waals surface area contributed by atoms with Gasteiger partial charge in [-0.2, -0.15) is 5.10 Å². The Balaban J connectivity index is 1.99. The fourth-order valence-electron chi connectivity index (χ4n) is 2.21. The highest BCUT2D eigenvalue weighted by Crippen LogP contribution is 2.13. The van der Waals surface area contributed by atoms with Crippen molar-refractivity contribution in [2.45, 2.75) is 13.3 Å². The van der Waals surface area contributed by atoms with Crippen molar-refractivity contribution in [1.82, 2.24) is 15.1 Å². The smallest absolute Gasteiger partial charge is 0.308 e. The zero-order chi connectivity index (χ0) is 16.1. The topological polar surface area (TPSA) is 84.2 Å². The first kappa shape index (κ1) is 15.8. The van der Waals surface area contributed by atoms with E-state index in [1.54, 1.807) is 13.2 Å². The lowest BCUT2D eigenvalue weighted by Gasteiger charge is -2.14. The summed E-state index contributed by atoms with van der Waals surface area (Å²) in [5.41, 5.74) is 2.44. The van der Waals surface area contributed by atoms with Crippen LogP contribution in [0.15, 0.2) is 36.7 Å². The summed E-state index contributed by atoms with van der Waals surface area (Å²) in [6.45, 7) is 2.03. The summed E-state index contributed by atoms with van der Waals surface area (Å²) in [5, 5.41) is 15.9. The molecule has 6 heteroatoms. The monoisotopic (exact) mass is 301 g/mol. The summed E-state index contributed by atoms with van der Waals surface area (Å²) >= 11 is 0. The lowest BCUT2D eigenvalue weighted by atomic mass is 9.96. The number of rotatable bonds is 6. The molecule has 1 heterocycles. The quantitative estimate of drug-likeness (QED) is 0.844. The van der Waals surface area contributed by atoms with Gasteiger partial charge in [-0.15, -0.1) is 0 Å². The minimum absolute atomic E-state index is 0.0807. The summed E-state index contributed by atoms with van der Waals surface area (Å²) in [7, 11) is 1.72. The zero-order valence-corrected chi connectivity index (χ0v) is 12.6. The molecular weight excluding hydrogens is 282 g/mol. The van der Waals surface area contributed by atoms with Gasteiger partial charge in [0.05, 0.1) is 17.7 Å². The molecule has 0 fully saturated rings. The fraction of sp³-hybridized carbons (Fsp3) is 0.312. The summed E-state index contributed by atoms with van der Waals surface area (Å²) in [5.74, 6) is -1.90. The fourth-order valence-corrected chi connectivity index (χ4v) is 2.21. The average molecular weight is 301 g/mol. The summed E-state index contributed by atoms with van der Waals surface area (Å²) < 4.78 is 1.52. The third-order valence-corrected chi connectivity index (χ3v) is 3.55. The van der Waals surface area contributed by atoms with Crippen molar-refractivity contribution in [2.24, 2.45) is 13.0 Å². The van der Waals surface area contributed by atoms with E-state index in [9.17, 15) is 14.7 Å². The predicted molar refractivity (Wildman–Crippen MR) is 81.6 cm³/mol. The third-order valence-electron chi connectivity index (χ3n) is 3.55. The van der Waals surface area contributed by atoms with Crippen LogP contribution in [0.3, 0.4) is 0 Å². The van der Waals surface area contributed by atoms with Crippen molar-refractivity contribution in [3.63, 3.8) is 0 Å². The number of amides is 1. The SMILES string of the molecule is Cc1ccccc1C[C@@H](CNC(=O)c1cnn(C)c1)C(=O)O. The van der Waals surface area contributed by atoms with Gasteiger partial charge in [0.15, 0.2) is 0 Å². The molecule has 0 saturated heterocycles. The van der Waals surface area contributed by atoms with Crippen molar-refractivity contribution < 1.29 is 14.7 Å². The Morgan fingerprint density at radius 2 is 2.09 bits per heavy atom. The number of nitrogens with zero attached hydrogens (tertiary/aromatic N) is 2. The maximum absolute atomic E-state index is 11.9. The molecule has 2 aromatic rings. The van der Waals surface area contributed by atoms with E-state index in [-0.39, 0.29) is 12.5 Å². The molecule has 0 spiro atoms. The minimum atomic E-state index is -0.922. The molecule has 116 valence electrons. The number of aliphatic carboxylic acids is 1. The Morgan fingerprint density at radius 1 is 1.36 bits per heavy atom. The average Bonchev–Trinajstić information content (AvgIpc) is 2.91. The Morgan fingerprint density at radius 3 is 2.68 bits per heavy atom. The standard InChI is InChI=1S/C16H19N3O3/c1-11-5-3-4-6-12(11)7-13(16(21)22)8-17-15(20)14-9-18-19(2)10-14/h3-6,9-10,13H,7-8H2,1-2H3,(H,17,20)(H,21,22)/t13-/m0/s1. The van der Waals surface area contributed by atoms with Crippen molar-refractivity contribution in [2.75, 3.05) is 6.54 Å². The van der Waals surface area contributed by atoms with Crippen LogP contribution in [-0.2, 0) is 18.3 Å². The number of nitrogens with one attached hydrogen (secondary N) is 1. The van der Waals surface area contributed by atoms with Crippen LogP contribution in [0.4, 0.5) is 0 Å². The van der Waals surface area contributed by atoms with Gasteiger partial charge < -0.3 is 10.4 Å². The Labute approximate surface area is 128 Å². The molecule has 0 aliphatic heterocycles. The number of carbonyl (C=O) groups excluding carboxylic acids is 1. The van der Waals surface area contributed by atoms with E-state index in [2.05, 4.69) is 10.4 Å². The predicted octanol–water partition coefficient (Wildman–Crippen LogP) is 1.40. The molecule has 0 aliphatic rings. The number of carboxylic acids is 1. The number of aryl methyl sites for hydroxylation is 2. The number of aromatic nitrogens is 2. The van der Waals surface area contributed by atoms with Crippen LogP contribution in [0.2, 0.25) is 0 Å². The molecule has 2 N–H and O–H groups in total. The van der Waals surface area contributed by atoms with Gasteiger partial charge in [0.25, 0.3) is 5.91 Å². The highest BCUT2D eigenvalue weighted by Gasteiger charge is 2.20. The van der Waals surface area contributed by atoms with Crippen LogP contribution in [0.25, 0.3) is 0 Å². The van der Waals surface area contributed by atoms with Gasteiger partial charge in [0, 0.05) is 19.8 Å². The van der Waals surface area contributed by atoms with Gasteiger partial charge in [-0.3, -0.25) is 14.3 Å². The molecule has 0 aliphatic carbocycles. The molecule has 0 bridgehead atoms. The Kier molecular flexibility index (Phi) is 4.93. The van der Waals surface area contributed by atoms with Crippen LogP contribution in [0.1, 0.15) is 21.5 Å². The molecule has 22 heavy (non-hydrogen) atoms. The van der Waals surface area contributed by atoms with Gasteiger partial charge in [-0.05, 0) is 24.5 Å². The van der Waals surface area contributed by atoms with E-state index >= 15 is 0 Å². The van der Waals surface area contributed by atoms with Crippen molar-refractivity contribution in [3.05, 3.63) is 53.3 Å². The lowest BCUT2D eigenvalue weighted by molar-refractivity contribution is -0.141. The second-order valence-electron chi connectivity index (χ2n) is 5.28. The third kappa shape index (κ3) is 3.94. The molecule has 0 saturated carbocycles. The molecule has 6 nitrogen and oxygen atoms in total. The first-order chi connectivity index (χ1) is 10.5. The maximum atomic E-state index is 11.9. The second kappa shape index (κ2) is 6.89. The first-order valence-electron chi connectivity index (χ1n) is 7.01. The second-order valence-corrected chi connectivity index (χ2v) is 5.28. The molecule has 1 aromatic heterocycles. The minimum Gasteiger partial charge on any atom is -0.481 e. The lowest BCUT2D eigenvalue weighted by Crippen LogP contribution is -2.34. The van der Waals surface area contributed by atoms with E-state index in [1.165, 1.54) is 10.9 Å². The molecule has 0 radical (unpaired) electrons. The van der Waals surface area contributed by atoms with E-state index < -0.39 is 11.9 Å². The molecule has 1 aromatic carbocycles. The van der Waals surface area contributed by atoms with Crippen LogP contribution < -0.4 is 5.32 Å². The Bertz CT molecular complexity index is 679. The van der Waals surface area contributed by atoms with Crippen LogP contribution in [-0.4, -0.2) is 33.3 Å². The molecule has 1 amide bonds. The molecular formula is C16H19N3O3. The van der Waals surface area contributed by atoms with E-state index in [4.69, 9.17) is 0 Å². The number of hydrogen-bond acceptors (Lipinski definition) is 3. The number of hydrogen-bond donors (Lipinski definition) is 2. The summed E-state index contributed by atoms with van der Waals surface area (Å²) in [6, 6.07) is 7.66. The largest absolute Gasteiger partial charge is 0.481 e. The van der Waals surface area contributed by atoms with E-state index in [1.807, 2.05) is 31.2 Å². The van der Waals surface area contributed by atoms with Gasteiger partial charge in [-0.25, -0.2) is 0 Å². The Hall–Kier alpha value is -2.63. The van der Waals surface area contributed by atoms with Crippen molar-refractivity contribution in [3.8, 4) is 0 Å². The molecule has 1 atom stereocenters. The van der Waals surface area contributed by atoms with Crippen LogP contribution in [0, 0.1) is 12.8 Å². The number of carboxylic acid groups (broad SMARTS) is 1. The normalized spacial score (nSPS) is 11.9. The highest BCUT2D eigenvalue weighted by molar-refractivity contribution is 5.93. The highest BCUT2D eigenvalue weighted by atomic mass is 16.4. The summed E-state index contributed by atoms with van der Waals surface area (Å²) in [6.07, 6.45) is 3.42. The number of carbonyl (C=O) groups is 2. The number of benzene rings is 1. The van der Waals surface area contributed by atoms with E-state index in [0.717, 1.165) is 11.1 Å². The van der Waals surface area contributed by atoms with Gasteiger partial charge in [0.2, 0.25) is 0 Å². The van der Waals surface area contributed by atoms with Gasteiger partial charge in [0.1, 0.15) is 0 Å². The van der Waals surface area contributed by atoms with Gasteiger partial charge in [-0.1, -0.05) is 24.3 Å². The molecule has 0 unspecified atom stereocenters. The zero-order valence-electron chi connectivity index (χ0n) is 12.6. The first-order valence-corrected chi connectivity index (χ1v) is 7.01. The van der Waals surface area contributed by atoms with E-state index in [0.29, 0.717) is 12.0 Å².